The molecule has 112 valence electrons. The number of hydrogen-bond acceptors (Lipinski definition) is 1. The van der Waals surface area contributed by atoms with Gasteiger partial charge in [0.2, 0.25) is 0 Å². The lowest BCUT2D eigenvalue weighted by Crippen LogP contribution is -2.33. The Labute approximate surface area is 125 Å². The third-order valence-corrected chi connectivity index (χ3v) is 7.40. The van der Waals surface area contributed by atoms with E-state index in [4.69, 9.17) is 5.11 Å². The predicted molar refractivity (Wildman–Crippen MR) is 91.6 cm³/mol. The van der Waals surface area contributed by atoms with E-state index in [9.17, 15) is 0 Å². The van der Waals surface area contributed by atoms with Gasteiger partial charge in [0, 0.05) is 6.61 Å². The summed E-state index contributed by atoms with van der Waals surface area (Å²) in [7, 11) is -1.38. The predicted octanol–water partition coefficient (Wildman–Crippen LogP) is 4.91. The molecule has 0 saturated heterocycles. The molecule has 0 saturated carbocycles. The van der Waals surface area contributed by atoms with Crippen molar-refractivity contribution < 1.29 is 5.11 Å². The van der Waals surface area contributed by atoms with Crippen molar-refractivity contribution in [2.45, 2.75) is 58.2 Å². The zero-order chi connectivity index (χ0) is 14.8. The summed E-state index contributed by atoms with van der Waals surface area (Å²) in [6.07, 6.45) is 8.14. The van der Waals surface area contributed by atoms with Gasteiger partial charge in [-0.05, 0) is 25.3 Å². The van der Waals surface area contributed by atoms with Crippen LogP contribution >= 0.6 is 0 Å². The van der Waals surface area contributed by atoms with E-state index < -0.39 is 8.07 Å². The monoisotopic (exact) mass is 290 g/mol. The molecule has 1 aromatic carbocycles. The first-order valence-electron chi connectivity index (χ1n) is 7.94. The highest BCUT2D eigenvalue weighted by atomic mass is 28.3. The zero-order valence-electron chi connectivity index (χ0n) is 13.4. The smallest absolute Gasteiger partial charge is 0.0793 e. The summed E-state index contributed by atoms with van der Waals surface area (Å²) in [5.74, 6) is 0. The van der Waals surface area contributed by atoms with E-state index in [1.54, 1.807) is 5.20 Å². The molecule has 2 heteroatoms. The number of unbranched alkanes of at least 4 members (excludes halogenated alkanes) is 2. The molecule has 0 aliphatic carbocycles. The quantitative estimate of drug-likeness (QED) is 0.506. The first kappa shape index (κ1) is 17.2. The van der Waals surface area contributed by atoms with E-state index in [0.29, 0.717) is 6.61 Å². The van der Waals surface area contributed by atoms with Crippen molar-refractivity contribution in [3.63, 3.8) is 0 Å². The highest BCUT2D eigenvalue weighted by Gasteiger charge is 2.25. The van der Waals surface area contributed by atoms with Crippen molar-refractivity contribution in [2.24, 2.45) is 0 Å². The molecule has 0 heterocycles. The second-order valence-corrected chi connectivity index (χ2v) is 11.0. The van der Waals surface area contributed by atoms with E-state index >= 15 is 0 Å². The molecule has 1 aromatic rings. The van der Waals surface area contributed by atoms with Crippen LogP contribution in [-0.2, 0) is 6.04 Å². The van der Waals surface area contributed by atoms with E-state index in [-0.39, 0.29) is 0 Å². The summed E-state index contributed by atoms with van der Waals surface area (Å²) >= 11 is 0. The second-order valence-electron chi connectivity index (χ2n) is 6.25. The van der Waals surface area contributed by atoms with Gasteiger partial charge in [-0.2, -0.15) is 0 Å². The van der Waals surface area contributed by atoms with Crippen LogP contribution in [0.15, 0.2) is 41.6 Å². The summed E-state index contributed by atoms with van der Waals surface area (Å²) in [4.78, 5) is 0. The van der Waals surface area contributed by atoms with Gasteiger partial charge in [-0.25, -0.2) is 0 Å². The third kappa shape index (κ3) is 6.06. The Morgan fingerprint density at radius 1 is 1.15 bits per heavy atom. The highest BCUT2D eigenvalue weighted by molar-refractivity contribution is 6.83. The molecule has 0 unspecified atom stereocenters. The van der Waals surface area contributed by atoms with Gasteiger partial charge in [-0.1, -0.05) is 80.0 Å². The summed E-state index contributed by atoms with van der Waals surface area (Å²) in [5.41, 5.74) is 1.47. The average Bonchev–Trinajstić information content (AvgIpc) is 2.43. The van der Waals surface area contributed by atoms with Gasteiger partial charge < -0.3 is 5.11 Å². The van der Waals surface area contributed by atoms with Crippen LogP contribution in [0.2, 0.25) is 13.1 Å². The van der Waals surface area contributed by atoms with Gasteiger partial charge in [-0.3, -0.25) is 0 Å². The molecule has 0 amide bonds. The maximum Gasteiger partial charge on any atom is 0.0793 e. The van der Waals surface area contributed by atoms with Crippen molar-refractivity contribution >= 4 is 8.07 Å². The largest absolute Gasteiger partial charge is 0.396 e. The molecule has 0 spiro atoms. The molecular formula is C18H30OSi. The zero-order valence-corrected chi connectivity index (χ0v) is 14.4. The van der Waals surface area contributed by atoms with Crippen LogP contribution in [0.25, 0.3) is 0 Å². The summed E-state index contributed by atoms with van der Waals surface area (Å²) < 4.78 is 0. The maximum atomic E-state index is 8.98. The van der Waals surface area contributed by atoms with Crippen LogP contribution in [0.1, 0.15) is 44.6 Å². The van der Waals surface area contributed by atoms with Crippen LogP contribution in [0.3, 0.4) is 0 Å². The topological polar surface area (TPSA) is 20.2 Å². The molecule has 0 aliphatic rings. The molecule has 1 rings (SSSR count). The molecule has 20 heavy (non-hydrogen) atoms. The van der Waals surface area contributed by atoms with Crippen LogP contribution in [-0.4, -0.2) is 19.8 Å². The molecule has 0 fully saturated rings. The second kappa shape index (κ2) is 9.14. The van der Waals surface area contributed by atoms with Crippen molar-refractivity contribution in [3.05, 3.63) is 47.2 Å². The Hall–Kier alpha value is -0.863. The Kier molecular flexibility index (Phi) is 7.86. The van der Waals surface area contributed by atoms with Crippen molar-refractivity contribution in [2.75, 3.05) is 6.61 Å². The van der Waals surface area contributed by atoms with Crippen LogP contribution in [0.4, 0.5) is 0 Å². The normalized spacial score (nSPS) is 12.7. The molecule has 0 aliphatic heterocycles. The number of rotatable bonds is 9. The minimum Gasteiger partial charge on any atom is -0.396 e. The molecule has 1 N–H and O–H groups in total. The molecule has 0 atom stereocenters. The standard InChI is InChI=1S/C18H30OSi/c1-4-5-13-18(14-9-10-15-19)20(2,3)16-17-11-7-6-8-12-17/h6-8,11-12,14,19H,4-5,9-10,13,15-16H2,1-3H3/b18-14-. The van der Waals surface area contributed by atoms with Crippen LogP contribution in [0, 0.1) is 0 Å². The highest BCUT2D eigenvalue weighted by Crippen LogP contribution is 2.25. The molecule has 0 bridgehead atoms. The Morgan fingerprint density at radius 3 is 2.45 bits per heavy atom. The van der Waals surface area contributed by atoms with Gasteiger partial charge in [0.1, 0.15) is 0 Å². The molecular weight excluding hydrogens is 260 g/mol. The van der Waals surface area contributed by atoms with Gasteiger partial charge in [0.15, 0.2) is 0 Å². The number of aliphatic hydroxyl groups excluding tert-OH is 1. The summed E-state index contributed by atoms with van der Waals surface area (Å²) in [6, 6.07) is 12.1. The van der Waals surface area contributed by atoms with Gasteiger partial charge in [0.05, 0.1) is 8.07 Å². The van der Waals surface area contributed by atoms with Gasteiger partial charge in [-0.15, -0.1) is 0 Å². The lowest BCUT2D eigenvalue weighted by atomic mass is 10.2. The number of benzene rings is 1. The minimum absolute atomic E-state index is 0.304. The van der Waals surface area contributed by atoms with Crippen molar-refractivity contribution in [1.29, 1.82) is 0 Å². The van der Waals surface area contributed by atoms with Gasteiger partial charge >= 0.3 is 0 Å². The fourth-order valence-electron chi connectivity index (χ4n) is 2.67. The van der Waals surface area contributed by atoms with E-state index in [1.165, 1.54) is 30.9 Å². The summed E-state index contributed by atoms with van der Waals surface area (Å²) in [6.45, 7) is 7.54. The van der Waals surface area contributed by atoms with E-state index in [1.807, 2.05) is 0 Å². The van der Waals surface area contributed by atoms with Crippen LogP contribution in [0.5, 0.6) is 0 Å². The molecule has 1 nitrogen and oxygen atoms in total. The Morgan fingerprint density at radius 2 is 1.85 bits per heavy atom. The first-order valence-corrected chi connectivity index (χ1v) is 11.1. The van der Waals surface area contributed by atoms with E-state index in [2.05, 4.69) is 56.4 Å². The lowest BCUT2D eigenvalue weighted by Gasteiger charge is -2.27. The first-order chi connectivity index (χ1) is 9.60. The SMILES string of the molecule is CCCC/C(=C/CCCO)[Si](C)(C)Cc1ccccc1. The van der Waals surface area contributed by atoms with Crippen LogP contribution < -0.4 is 0 Å². The fraction of sp³-hybridized carbons (Fsp3) is 0.556. The average molecular weight is 291 g/mol. The minimum atomic E-state index is -1.38. The van der Waals surface area contributed by atoms with E-state index in [0.717, 1.165) is 12.8 Å². The Bertz CT molecular complexity index is 395. The maximum absolute atomic E-state index is 8.98. The lowest BCUT2D eigenvalue weighted by molar-refractivity contribution is 0.289. The molecule has 0 radical (unpaired) electrons. The van der Waals surface area contributed by atoms with Gasteiger partial charge in [0.25, 0.3) is 0 Å². The third-order valence-electron chi connectivity index (χ3n) is 3.91. The van der Waals surface area contributed by atoms with Crippen molar-refractivity contribution in [1.82, 2.24) is 0 Å². The number of hydrogen-bond donors (Lipinski definition) is 1. The molecule has 0 aromatic heterocycles. The summed E-state index contributed by atoms with van der Waals surface area (Å²) in [5, 5.41) is 10.7. The van der Waals surface area contributed by atoms with Crippen molar-refractivity contribution in [3.8, 4) is 0 Å². The number of allylic oxidation sites excluding steroid dienone is 2. The Balaban J connectivity index is 2.77. The fourth-order valence-corrected chi connectivity index (χ4v) is 5.71. The number of aliphatic hydroxyl groups is 1.